The molecule has 0 aromatic carbocycles. The Balaban J connectivity index is 1.89. The van der Waals surface area contributed by atoms with Gasteiger partial charge in [-0.05, 0) is 25.7 Å². The van der Waals surface area contributed by atoms with Gasteiger partial charge in [0.15, 0.2) is 0 Å². The highest BCUT2D eigenvalue weighted by molar-refractivity contribution is 5.17. The maximum Gasteiger partial charge on any atom is 0.124 e. The number of rotatable bonds is 2. The molecule has 5 nitrogen and oxygen atoms in total. The van der Waals surface area contributed by atoms with E-state index in [0.717, 1.165) is 18.5 Å². The molecule has 0 radical (unpaired) electrons. The Morgan fingerprint density at radius 2 is 2.27 bits per heavy atom. The van der Waals surface area contributed by atoms with Crippen LogP contribution in [0.5, 0.6) is 0 Å². The molecule has 78 valence electrons. The molecule has 15 heavy (non-hydrogen) atoms. The Labute approximate surface area is 87.1 Å². The fourth-order valence-electron chi connectivity index (χ4n) is 2.10. The second kappa shape index (κ2) is 3.49. The van der Waals surface area contributed by atoms with Gasteiger partial charge in [0.1, 0.15) is 5.69 Å². The second-order valence-electron chi connectivity index (χ2n) is 3.87. The molecule has 0 fully saturated rings. The second-order valence-corrected chi connectivity index (χ2v) is 3.87. The Morgan fingerprint density at radius 3 is 3.13 bits per heavy atom. The van der Waals surface area contributed by atoms with Crippen LogP contribution in [0.15, 0.2) is 17.2 Å². The van der Waals surface area contributed by atoms with Gasteiger partial charge in [-0.2, -0.15) is 0 Å². The lowest BCUT2D eigenvalue weighted by Crippen LogP contribution is -2.09. The lowest BCUT2D eigenvalue weighted by Gasteiger charge is -2.12. The van der Waals surface area contributed by atoms with Crippen molar-refractivity contribution in [3.63, 3.8) is 0 Å². The van der Waals surface area contributed by atoms with Crippen molar-refractivity contribution in [2.45, 2.75) is 32.2 Å². The monoisotopic (exact) mass is 204 g/mol. The predicted molar refractivity (Wildman–Crippen MR) is 52.3 cm³/mol. The first-order chi connectivity index (χ1) is 7.43. The number of imidazole rings is 1. The van der Waals surface area contributed by atoms with Crippen molar-refractivity contribution in [1.82, 2.24) is 19.9 Å². The van der Waals surface area contributed by atoms with Gasteiger partial charge in [-0.25, -0.2) is 9.61 Å². The summed E-state index contributed by atoms with van der Waals surface area (Å²) in [6, 6.07) is 0. The molecule has 0 N–H and O–H groups in total. The normalized spacial score (nSPS) is 15.2. The molecule has 0 atom stereocenters. The standard InChI is InChI=1S/C10H12N4O/c1-2-4-10-9(3-1)11-7-14(10)6-8-5-12-15-13-8/h5,7H,1-4,6H2. The van der Waals surface area contributed by atoms with Gasteiger partial charge in [0.25, 0.3) is 0 Å². The van der Waals surface area contributed by atoms with Crippen LogP contribution in [0.3, 0.4) is 0 Å². The number of nitrogens with zero attached hydrogens (tertiary/aromatic N) is 4. The zero-order valence-electron chi connectivity index (χ0n) is 8.39. The van der Waals surface area contributed by atoms with Crippen LogP contribution in [-0.2, 0) is 19.4 Å². The van der Waals surface area contributed by atoms with E-state index in [1.54, 1.807) is 6.20 Å². The Kier molecular flexibility index (Phi) is 2.01. The van der Waals surface area contributed by atoms with E-state index in [2.05, 4.69) is 24.5 Å². The zero-order chi connectivity index (χ0) is 10.1. The van der Waals surface area contributed by atoms with E-state index in [-0.39, 0.29) is 0 Å². The van der Waals surface area contributed by atoms with Crippen molar-refractivity contribution < 1.29 is 4.63 Å². The van der Waals surface area contributed by atoms with Crippen LogP contribution in [0.1, 0.15) is 29.9 Å². The van der Waals surface area contributed by atoms with E-state index in [9.17, 15) is 0 Å². The minimum absolute atomic E-state index is 0.714. The molecule has 2 heterocycles. The fourth-order valence-corrected chi connectivity index (χ4v) is 2.10. The van der Waals surface area contributed by atoms with Gasteiger partial charge in [-0.15, -0.1) is 0 Å². The molecular weight excluding hydrogens is 192 g/mol. The summed E-state index contributed by atoms with van der Waals surface area (Å²) in [6.07, 6.45) is 8.30. The van der Waals surface area contributed by atoms with Gasteiger partial charge in [0.2, 0.25) is 0 Å². The Hall–Kier alpha value is -1.65. The zero-order valence-corrected chi connectivity index (χ0v) is 8.39. The molecule has 0 aliphatic heterocycles. The summed E-state index contributed by atoms with van der Waals surface area (Å²) in [5, 5.41) is 7.40. The average molecular weight is 204 g/mol. The Morgan fingerprint density at radius 1 is 1.33 bits per heavy atom. The van der Waals surface area contributed by atoms with Gasteiger partial charge in [0, 0.05) is 5.69 Å². The fraction of sp³-hybridized carbons (Fsp3) is 0.500. The minimum atomic E-state index is 0.714. The van der Waals surface area contributed by atoms with Crippen molar-refractivity contribution >= 4 is 0 Å². The van der Waals surface area contributed by atoms with Crippen molar-refractivity contribution in [1.29, 1.82) is 0 Å². The maximum atomic E-state index is 4.57. The first-order valence-corrected chi connectivity index (χ1v) is 5.23. The van der Waals surface area contributed by atoms with Crippen LogP contribution in [0.25, 0.3) is 0 Å². The van der Waals surface area contributed by atoms with Gasteiger partial charge >= 0.3 is 0 Å². The molecule has 0 saturated heterocycles. The minimum Gasteiger partial charge on any atom is -0.328 e. The topological polar surface area (TPSA) is 56.7 Å². The molecule has 2 aromatic heterocycles. The quantitative estimate of drug-likeness (QED) is 0.737. The molecular formula is C10H12N4O. The van der Waals surface area contributed by atoms with Gasteiger partial charge < -0.3 is 4.57 Å². The predicted octanol–water partition coefficient (Wildman–Crippen LogP) is 1.19. The summed E-state index contributed by atoms with van der Waals surface area (Å²) in [7, 11) is 0. The van der Waals surface area contributed by atoms with E-state index in [4.69, 9.17) is 0 Å². The molecule has 2 aromatic rings. The van der Waals surface area contributed by atoms with E-state index in [1.165, 1.54) is 24.2 Å². The highest BCUT2D eigenvalue weighted by atomic mass is 16.6. The van der Waals surface area contributed by atoms with Gasteiger partial charge in [-0.3, -0.25) is 0 Å². The molecule has 0 spiro atoms. The van der Waals surface area contributed by atoms with E-state index in [0.29, 0.717) is 6.54 Å². The van der Waals surface area contributed by atoms with Crippen molar-refractivity contribution in [3.05, 3.63) is 29.6 Å². The lowest BCUT2D eigenvalue weighted by atomic mass is 10.0. The first kappa shape index (κ1) is 8.64. The third-order valence-corrected chi connectivity index (χ3v) is 2.85. The molecule has 1 aliphatic rings. The van der Waals surface area contributed by atoms with Crippen LogP contribution in [0.2, 0.25) is 0 Å². The van der Waals surface area contributed by atoms with Crippen LogP contribution in [-0.4, -0.2) is 19.9 Å². The van der Waals surface area contributed by atoms with Gasteiger partial charge in [-0.1, -0.05) is 10.3 Å². The summed E-state index contributed by atoms with van der Waals surface area (Å²) in [6.45, 7) is 0.714. The highest BCUT2D eigenvalue weighted by Crippen LogP contribution is 2.20. The van der Waals surface area contributed by atoms with Gasteiger partial charge in [0.05, 0.1) is 24.8 Å². The Bertz CT molecular complexity index is 446. The summed E-state index contributed by atoms with van der Waals surface area (Å²) < 4.78 is 6.72. The van der Waals surface area contributed by atoms with Crippen molar-refractivity contribution in [2.75, 3.05) is 0 Å². The third kappa shape index (κ3) is 1.54. The number of hydrogen-bond acceptors (Lipinski definition) is 4. The molecule has 0 bridgehead atoms. The van der Waals surface area contributed by atoms with Crippen LogP contribution < -0.4 is 0 Å². The largest absolute Gasteiger partial charge is 0.328 e. The lowest BCUT2D eigenvalue weighted by molar-refractivity contribution is 0.302. The molecule has 0 unspecified atom stereocenters. The van der Waals surface area contributed by atoms with Crippen molar-refractivity contribution in [2.24, 2.45) is 0 Å². The molecule has 5 heteroatoms. The van der Waals surface area contributed by atoms with E-state index < -0.39 is 0 Å². The van der Waals surface area contributed by atoms with E-state index in [1.807, 2.05) is 6.33 Å². The summed E-state index contributed by atoms with van der Waals surface area (Å²) >= 11 is 0. The maximum absolute atomic E-state index is 4.57. The van der Waals surface area contributed by atoms with Crippen LogP contribution >= 0.6 is 0 Å². The third-order valence-electron chi connectivity index (χ3n) is 2.85. The van der Waals surface area contributed by atoms with Crippen molar-refractivity contribution in [3.8, 4) is 0 Å². The van der Waals surface area contributed by atoms with E-state index >= 15 is 0 Å². The number of fused-ring (bicyclic) bond motifs is 1. The highest BCUT2D eigenvalue weighted by Gasteiger charge is 2.15. The number of aromatic nitrogens is 4. The first-order valence-electron chi connectivity index (χ1n) is 5.23. The average Bonchev–Trinajstić information content (AvgIpc) is 2.89. The summed E-state index contributed by atoms with van der Waals surface area (Å²) in [5.41, 5.74) is 3.45. The van der Waals surface area contributed by atoms with Crippen LogP contribution in [0, 0.1) is 0 Å². The summed E-state index contributed by atoms with van der Waals surface area (Å²) in [5.74, 6) is 0. The smallest absolute Gasteiger partial charge is 0.124 e. The molecule has 3 rings (SSSR count). The number of hydrogen-bond donors (Lipinski definition) is 0. The molecule has 1 aliphatic carbocycles. The molecule has 0 amide bonds. The summed E-state index contributed by atoms with van der Waals surface area (Å²) in [4.78, 5) is 4.42. The SMILES string of the molecule is c1nonc1Cn1cnc2c1CCCC2. The number of aryl methyl sites for hydroxylation is 1. The van der Waals surface area contributed by atoms with Crippen LogP contribution in [0.4, 0.5) is 0 Å². The molecule has 0 saturated carbocycles.